The topological polar surface area (TPSA) is 76.1 Å². The fourth-order valence-electron chi connectivity index (χ4n) is 2.04. The third-order valence-electron chi connectivity index (χ3n) is 3.35. The zero-order chi connectivity index (χ0) is 16.5. The number of nitrogens with zero attached hydrogens (tertiary/aromatic N) is 2. The lowest BCUT2D eigenvalue weighted by Gasteiger charge is -2.09. The van der Waals surface area contributed by atoms with E-state index in [1.165, 1.54) is 6.20 Å². The van der Waals surface area contributed by atoms with Gasteiger partial charge in [-0.25, -0.2) is 9.97 Å². The lowest BCUT2D eigenvalue weighted by atomic mass is 10.2. The van der Waals surface area contributed by atoms with Gasteiger partial charge in [-0.2, -0.15) is 0 Å². The van der Waals surface area contributed by atoms with Crippen LogP contribution in [0.4, 0.5) is 5.82 Å². The van der Waals surface area contributed by atoms with Gasteiger partial charge >= 0.3 is 0 Å². The standard InChI is InChI=1S/C17H22N4O2/c1-3-4-9-18-16-12-19-14(11-20-16)17(22)21-10-13-7-5-6-8-15(13)23-2/h5-8,11-12H,3-4,9-10H2,1-2H3,(H,18,20)(H,21,22). The Morgan fingerprint density at radius 1 is 1.22 bits per heavy atom. The number of amides is 1. The summed E-state index contributed by atoms with van der Waals surface area (Å²) in [5.41, 5.74) is 1.20. The maximum Gasteiger partial charge on any atom is 0.271 e. The van der Waals surface area contributed by atoms with Crippen molar-refractivity contribution in [2.45, 2.75) is 26.3 Å². The Hall–Kier alpha value is -2.63. The Kier molecular flexibility index (Phi) is 6.35. The normalized spacial score (nSPS) is 10.2. The molecule has 1 heterocycles. The first-order valence-electron chi connectivity index (χ1n) is 7.70. The van der Waals surface area contributed by atoms with Crippen LogP contribution in [0.1, 0.15) is 35.8 Å². The molecule has 0 atom stereocenters. The molecule has 2 rings (SSSR count). The predicted octanol–water partition coefficient (Wildman–Crippen LogP) is 2.63. The molecule has 1 aromatic carbocycles. The van der Waals surface area contributed by atoms with E-state index in [4.69, 9.17) is 4.74 Å². The van der Waals surface area contributed by atoms with Gasteiger partial charge in [0.05, 0.1) is 19.5 Å². The summed E-state index contributed by atoms with van der Waals surface area (Å²) in [4.78, 5) is 20.5. The lowest BCUT2D eigenvalue weighted by molar-refractivity contribution is 0.0945. The molecule has 0 saturated carbocycles. The van der Waals surface area contributed by atoms with Crippen molar-refractivity contribution in [1.29, 1.82) is 0 Å². The van der Waals surface area contributed by atoms with Crippen molar-refractivity contribution in [2.75, 3.05) is 19.0 Å². The number of aromatic nitrogens is 2. The SMILES string of the molecule is CCCCNc1cnc(C(=O)NCc2ccccc2OC)cn1. The number of hydrogen-bond donors (Lipinski definition) is 2. The minimum absolute atomic E-state index is 0.261. The van der Waals surface area contributed by atoms with E-state index >= 15 is 0 Å². The highest BCUT2D eigenvalue weighted by Crippen LogP contribution is 2.16. The fraction of sp³-hybridized carbons (Fsp3) is 0.353. The predicted molar refractivity (Wildman–Crippen MR) is 89.6 cm³/mol. The molecular formula is C17H22N4O2. The number of ether oxygens (including phenoxy) is 1. The molecule has 122 valence electrons. The van der Waals surface area contributed by atoms with Crippen LogP contribution in [0.2, 0.25) is 0 Å². The van der Waals surface area contributed by atoms with E-state index in [1.807, 2.05) is 24.3 Å². The highest BCUT2D eigenvalue weighted by atomic mass is 16.5. The number of anilines is 1. The summed E-state index contributed by atoms with van der Waals surface area (Å²) in [6.07, 6.45) is 5.24. The number of rotatable bonds is 8. The molecule has 6 nitrogen and oxygen atoms in total. The third-order valence-corrected chi connectivity index (χ3v) is 3.35. The van der Waals surface area contributed by atoms with E-state index in [-0.39, 0.29) is 5.91 Å². The average molecular weight is 314 g/mol. The second-order valence-electron chi connectivity index (χ2n) is 5.06. The van der Waals surface area contributed by atoms with Crippen molar-refractivity contribution >= 4 is 11.7 Å². The van der Waals surface area contributed by atoms with Gasteiger partial charge in [-0.1, -0.05) is 31.5 Å². The molecule has 0 radical (unpaired) electrons. The first kappa shape index (κ1) is 16.7. The summed E-state index contributed by atoms with van der Waals surface area (Å²) in [6.45, 7) is 3.36. The largest absolute Gasteiger partial charge is 0.496 e. The van der Waals surface area contributed by atoms with Gasteiger partial charge in [0.15, 0.2) is 0 Å². The quantitative estimate of drug-likeness (QED) is 0.733. The van der Waals surface area contributed by atoms with Gasteiger partial charge in [0.2, 0.25) is 0 Å². The molecule has 0 bridgehead atoms. The van der Waals surface area contributed by atoms with Gasteiger partial charge in [-0.3, -0.25) is 4.79 Å². The zero-order valence-corrected chi connectivity index (χ0v) is 13.5. The minimum Gasteiger partial charge on any atom is -0.496 e. The molecule has 0 saturated heterocycles. The van der Waals surface area contributed by atoms with E-state index in [1.54, 1.807) is 13.3 Å². The summed E-state index contributed by atoms with van der Waals surface area (Å²) < 4.78 is 5.26. The maximum atomic E-state index is 12.1. The Balaban J connectivity index is 1.90. The molecule has 2 aromatic rings. The molecule has 0 aliphatic carbocycles. The molecular weight excluding hydrogens is 292 g/mol. The number of carbonyl (C=O) groups is 1. The molecule has 0 aliphatic rings. The molecule has 1 aromatic heterocycles. The van der Waals surface area contributed by atoms with Crippen molar-refractivity contribution in [2.24, 2.45) is 0 Å². The van der Waals surface area contributed by atoms with Gasteiger partial charge in [-0.15, -0.1) is 0 Å². The van der Waals surface area contributed by atoms with E-state index in [2.05, 4.69) is 27.5 Å². The average Bonchev–Trinajstić information content (AvgIpc) is 2.60. The van der Waals surface area contributed by atoms with Gasteiger partial charge in [0, 0.05) is 18.7 Å². The van der Waals surface area contributed by atoms with Gasteiger partial charge in [-0.05, 0) is 12.5 Å². The van der Waals surface area contributed by atoms with Crippen LogP contribution in [0.3, 0.4) is 0 Å². The van der Waals surface area contributed by atoms with Gasteiger partial charge in [0.1, 0.15) is 17.3 Å². The Labute approximate surface area is 136 Å². The van der Waals surface area contributed by atoms with Gasteiger partial charge in [0.25, 0.3) is 5.91 Å². The minimum atomic E-state index is -0.261. The first-order valence-corrected chi connectivity index (χ1v) is 7.70. The zero-order valence-electron chi connectivity index (χ0n) is 13.5. The van der Waals surface area contributed by atoms with Crippen LogP contribution in [0, 0.1) is 0 Å². The molecule has 0 aliphatic heterocycles. The molecule has 0 spiro atoms. The fourth-order valence-corrected chi connectivity index (χ4v) is 2.04. The summed E-state index contributed by atoms with van der Waals surface area (Å²) >= 11 is 0. The van der Waals surface area contributed by atoms with Crippen LogP contribution >= 0.6 is 0 Å². The smallest absolute Gasteiger partial charge is 0.271 e. The summed E-state index contributed by atoms with van der Waals surface area (Å²) in [7, 11) is 1.61. The second-order valence-corrected chi connectivity index (χ2v) is 5.06. The Morgan fingerprint density at radius 2 is 2.04 bits per heavy atom. The van der Waals surface area contributed by atoms with Crippen LogP contribution in [0.25, 0.3) is 0 Å². The number of hydrogen-bond acceptors (Lipinski definition) is 5. The number of nitrogens with one attached hydrogen (secondary N) is 2. The molecule has 2 N–H and O–H groups in total. The van der Waals surface area contributed by atoms with Gasteiger partial charge < -0.3 is 15.4 Å². The molecule has 0 fully saturated rings. The van der Waals surface area contributed by atoms with Crippen LogP contribution in [-0.4, -0.2) is 29.5 Å². The molecule has 0 unspecified atom stereocenters. The van der Waals surface area contributed by atoms with E-state index in [0.29, 0.717) is 18.1 Å². The third kappa shape index (κ3) is 4.95. The number of methoxy groups -OCH3 is 1. The number of unbranched alkanes of at least 4 members (excludes halogenated alkanes) is 1. The van der Waals surface area contributed by atoms with E-state index < -0.39 is 0 Å². The monoisotopic (exact) mass is 314 g/mol. The van der Waals surface area contributed by atoms with Crippen molar-refractivity contribution in [3.8, 4) is 5.75 Å². The first-order chi connectivity index (χ1) is 11.2. The van der Waals surface area contributed by atoms with Crippen molar-refractivity contribution < 1.29 is 9.53 Å². The second kappa shape index (κ2) is 8.73. The van der Waals surface area contributed by atoms with Crippen LogP contribution in [0.15, 0.2) is 36.7 Å². The van der Waals surface area contributed by atoms with E-state index in [0.717, 1.165) is 30.7 Å². The molecule has 6 heteroatoms. The van der Waals surface area contributed by atoms with Crippen molar-refractivity contribution in [3.05, 3.63) is 47.9 Å². The summed E-state index contributed by atoms with van der Waals surface area (Å²) in [5, 5.41) is 5.98. The summed E-state index contributed by atoms with van der Waals surface area (Å²) in [6, 6.07) is 7.56. The number of benzene rings is 1. The Bertz CT molecular complexity index is 629. The summed E-state index contributed by atoms with van der Waals surface area (Å²) in [5.74, 6) is 1.16. The Morgan fingerprint density at radius 3 is 2.74 bits per heavy atom. The number of carbonyl (C=O) groups excluding carboxylic acids is 1. The van der Waals surface area contributed by atoms with Crippen LogP contribution < -0.4 is 15.4 Å². The molecule has 1 amide bonds. The van der Waals surface area contributed by atoms with Crippen LogP contribution in [0.5, 0.6) is 5.75 Å². The van der Waals surface area contributed by atoms with Crippen molar-refractivity contribution in [1.82, 2.24) is 15.3 Å². The number of para-hydroxylation sites is 1. The maximum absolute atomic E-state index is 12.1. The van der Waals surface area contributed by atoms with Crippen LogP contribution in [-0.2, 0) is 6.54 Å². The van der Waals surface area contributed by atoms with Crippen molar-refractivity contribution in [3.63, 3.8) is 0 Å². The molecule has 23 heavy (non-hydrogen) atoms. The van der Waals surface area contributed by atoms with E-state index in [9.17, 15) is 4.79 Å². The lowest BCUT2D eigenvalue weighted by Crippen LogP contribution is -2.24. The highest BCUT2D eigenvalue weighted by Gasteiger charge is 2.09. The highest BCUT2D eigenvalue weighted by molar-refractivity contribution is 5.92.